The van der Waals surface area contributed by atoms with Gasteiger partial charge in [0.25, 0.3) is 0 Å². The predicted octanol–water partition coefficient (Wildman–Crippen LogP) is 2.62. The lowest BCUT2D eigenvalue weighted by Crippen LogP contribution is -2.42. The second kappa shape index (κ2) is 13.4. The minimum absolute atomic E-state index is 0.0284. The average molecular weight is 593 g/mol. The van der Waals surface area contributed by atoms with Gasteiger partial charge in [-0.15, -0.1) is 5.10 Å². The van der Waals surface area contributed by atoms with Gasteiger partial charge in [-0.05, 0) is 36.8 Å². The molecule has 1 aliphatic rings. The number of rotatable bonds is 12. The van der Waals surface area contributed by atoms with E-state index in [-0.39, 0.29) is 24.9 Å². The van der Waals surface area contributed by atoms with Crippen molar-refractivity contribution >= 4 is 21.9 Å². The van der Waals surface area contributed by atoms with Gasteiger partial charge in [0, 0.05) is 39.2 Å². The second-order valence-corrected chi connectivity index (χ2v) is 11.6. The number of anilines is 1. The van der Waals surface area contributed by atoms with Crippen LogP contribution in [0.2, 0.25) is 0 Å². The summed E-state index contributed by atoms with van der Waals surface area (Å²) in [5, 5.41) is 10.4. The zero-order valence-corrected chi connectivity index (χ0v) is 23.9. The molecule has 3 aromatic rings. The van der Waals surface area contributed by atoms with Crippen LogP contribution in [0, 0.1) is 18.6 Å². The maximum absolute atomic E-state index is 14.1. The molecule has 0 aliphatic carbocycles. The van der Waals surface area contributed by atoms with Crippen molar-refractivity contribution in [2.75, 3.05) is 58.1 Å². The van der Waals surface area contributed by atoms with Gasteiger partial charge in [0.2, 0.25) is 15.9 Å². The van der Waals surface area contributed by atoms with Crippen molar-refractivity contribution in [3.8, 4) is 11.6 Å². The first-order valence-electron chi connectivity index (χ1n) is 13.0. The predicted molar refractivity (Wildman–Crippen MR) is 150 cm³/mol. The van der Waals surface area contributed by atoms with Gasteiger partial charge in [-0.25, -0.2) is 31.4 Å². The second-order valence-electron chi connectivity index (χ2n) is 9.78. The Bertz CT molecular complexity index is 1450. The van der Waals surface area contributed by atoms with E-state index < -0.39 is 33.7 Å². The van der Waals surface area contributed by atoms with E-state index in [1.807, 2.05) is 30.3 Å². The molecule has 1 aromatic heterocycles. The number of hydrogen-bond acceptors (Lipinski definition) is 7. The molecule has 2 heterocycles. The van der Waals surface area contributed by atoms with Crippen molar-refractivity contribution in [1.29, 1.82) is 0 Å². The first-order valence-corrected chi connectivity index (χ1v) is 14.9. The Labute approximate surface area is 237 Å². The number of urea groups is 1. The van der Waals surface area contributed by atoms with Crippen LogP contribution in [0.5, 0.6) is 5.88 Å². The molecule has 41 heavy (non-hydrogen) atoms. The number of likely N-dealkylation sites (tertiary alicyclic amines) is 1. The van der Waals surface area contributed by atoms with Crippen molar-refractivity contribution in [2.24, 2.45) is 0 Å². The van der Waals surface area contributed by atoms with Crippen LogP contribution in [-0.4, -0.2) is 87.9 Å². The summed E-state index contributed by atoms with van der Waals surface area (Å²) in [5.41, 5.74) is 1.79. The number of aromatic nitrogens is 2. The summed E-state index contributed by atoms with van der Waals surface area (Å²) < 4.78 is 65.2. The largest absolute Gasteiger partial charge is 0.475 e. The van der Waals surface area contributed by atoms with E-state index in [1.165, 1.54) is 16.8 Å². The van der Waals surface area contributed by atoms with E-state index in [4.69, 9.17) is 9.47 Å². The third-order valence-corrected chi connectivity index (χ3v) is 7.44. The van der Waals surface area contributed by atoms with Crippen LogP contribution in [0.4, 0.5) is 19.4 Å². The van der Waals surface area contributed by atoms with E-state index in [9.17, 15) is 22.0 Å². The minimum Gasteiger partial charge on any atom is -0.475 e. The molecule has 1 aliphatic heterocycles. The highest BCUT2D eigenvalue weighted by molar-refractivity contribution is 7.88. The van der Waals surface area contributed by atoms with Crippen molar-refractivity contribution in [3.63, 3.8) is 0 Å². The lowest BCUT2D eigenvalue weighted by molar-refractivity contribution is 0.159. The number of sulfonamides is 1. The molecule has 2 aromatic carbocycles. The maximum Gasteiger partial charge on any atom is 0.320 e. The molecule has 4 rings (SSSR count). The van der Waals surface area contributed by atoms with Crippen molar-refractivity contribution < 1.29 is 31.5 Å². The number of nitrogens with zero attached hydrogens (tertiary/aromatic N) is 3. The third kappa shape index (κ3) is 8.00. The first-order chi connectivity index (χ1) is 19.6. The molecule has 11 nitrogen and oxygen atoms in total. The Balaban J connectivity index is 1.54. The Kier molecular flexibility index (Phi) is 9.91. The molecule has 1 saturated heterocycles. The van der Waals surface area contributed by atoms with Gasteiger partial charge in [0.15, 0.2) is 11.6 Å². The van der Waals surface area contributed by atoms with Crippen LogP contribution in [0.25, 0.3) is 5.69 Å². The number of hydrogen-bond donors (Lipinski definition) is 3. The number of halogens is 2. The molecule has 222 valence electrons. The number of carbonyl (C=O) groups is 1. The molecular weight excluding hydrogens is 558 g/mol. The minimum atomic E-state index is -3.37. The SMILES string of the molecule is COCCN1C[C@@H](NC(=O)Nc2c(C)c(OCCNS(C)(=O)=O)nn2-c2ccccc2)[C@H](c2ccc(F)c(F)c2)C1. The third-order valence-electron chi connectivity index (χ3n) is 6.71. The van der Waals surface area contributed by atoms with E-state index in [0.717, 1.165) is 12.3 Å². The summed E-state index contributed by atoms with van der Waals surface area (Å²) in [7, 11) is -1.77. The van der Waals surface area contributed by atoms with Gasteiger partial charge < -0.3 is 14.8 Å². The highest BCUT2D eigenvalue weighted by Gasteiger charge is 2.35. The van der Waals surface area contributed by atoms with Crippen LogP contribution >= 0.6 is 0 Å². The molecule has 2 amide bonds. The number of nitrogens with one attached hydrogen (secondary N) is 3. The number of ether oxygens (including phenoxy) is 2. The summed E-state index contributed by atoms with van der Waals surface area (Å²) in [6, 6.07) is 12.0. The van der Waals surface area contributed by atoms with Crippen LogP contribution < -0.4 is 20.1 Å². The van der Waals surface area contributed by atoms with Gasteiger partial charge in [0.1, 0.15) is 12.4 Å². The number of amides is 2. The summed E-state index contributed by atoms with van der Waals surface area (Å²) in [6.07, 6.45) is 1.06. The average Bonchev–Trinajstić information content (AvgIpc) is 3.47. The molecule has 14 heteroatoms. The highest BCUT2D eigenvalue weighted by Crippen LogP contribution is 2.30. The topological polar surface area (TPSA) is 127 Å². The first kappa shape index (κ1) is 30.4. The number of methoxy groups -OCH3 is 1. The molecule has 3 N–H and O–H groups in total. The summed E-state index contributed by atoms with van der Waals surface area (Å²) in [5.74, 6) is -1.57. The zero-order valence-electron chi connectivity index (χ0n) is 23.1. The monoisotopic (exact) mass is 592 g/mol. The van der Waals surface area contributed by atoms with Gasteiger partial charge >= 0.3 is 6.03 Å². The van der Waals surface area contributed by atoms with Crippen LogP contribution in [0.3, 0.4) is 0 Å². The highest BCUT2D eigenvalue weighted by atomic mass is 32.2. The molecule has 1 fully saturated rings. The van der Waals surface area contributed by atoms with E-state index >= 15 is 0 Å². The number of para-hydroxylation sites is 1. The summed E-state index contributed by atoms with van der Waals surface area (Å²) in [4.78, 5) is 15.4. The Morgan fingerprint density at radius 3 is 2.54 bits per heavy atom. The number of benzene rings is 2. The van der Waals surface area contributed by atoms with Gasteiger partial charge in [-0.2, -0.15) is 0 Å². The van der Waals surface area contributed by atoms with Crippen molar-refractivity contribution in [3.05, 3.63) is 71.3 Å². The van der Waals surface area contributed by atoms with Crippen LogP contribution in [0.1, 0.15) is 17.0 Å². The van der Waals surface area contributed by atoms with Gasteiger partial charge in [-0.1, -0.05) is 24.3 Å². The van der Waals surface area contributed by atoms with E-state index in [2.05, 4.69) is 25.4 Å². The number of carbonyl (C=O) groups excluding carboxylic acids is 1. The fraction of sp³-hybridized carbons (Fsp3) is 0.407. The van der Waals surface area contributed by atoms with Gasteiger partial charge in [-0.3, -0.25) is 10.2 Å². The molecule has 2 atom stereocenters. The van der Waals surface area contributed by atoms with E-state index in [1.54, 1.807) is 14.0 Å². The standard InChI is InChI=1S/C27H34F2N6O5S/c1-18-25(35(20-7-5-4-6-8-20)33-26(18)40-13-11-30-41(3,37)38)32-27(36)31-24-17-34(12-14-39-2)16-21(24)19-9-10-22(28)23(29)15-19/h4-10,15,21,24,30H,11-14,16-17H2,1-3H3,(H2,31,32,36)/t21-,24+/m0/s1. The van der Waals surface area contributed by atoms with Crippen LogP contribution in [-0.2, 0) is 14.8 Å². The Hall–Kier alpha value is -3.59. The fourth-order valence-electron chi connectivity index (χ4n) is 4.72. The lowest BCUT2D eigenvalue weighted by Gasteiger charge is -2.21. The smallest absolute Gasteiger partial charge is 0.320 e. The maximum atomic E-state index is 14.1. The van der Waals surface area contributed by atoms with Gasteiger partial charge in [0.05, 0.1) is 30.2 Å². The Morgan fingerprint density at radius 1 is 1.10 bits per heavy atom. The Morgan fingerprint density at radius 2 is 1.85 bits per heavy atom. The van der Waals surface area contributed by atoms with Crippen molar-refractivity contribution in [2.45, 2.75) is 18.9 Å². The zero-order chi connectivity index (χ0) is 29.6. The normalized spacial score (nSPS) is 17.5. The van der Waals surface area contributed by atoms with Crippen molar-refractivity contribution in [1.82, 2.24) is 24.7 Å². The molecule has 0 saturated carbocycles. The lowest BCUT2D eigenvalue weighted by atomic mass is 9.94. The van der Waals surface area contributed by atoms with E-state index in [0.29, 0.717) is 48.9 Å². The molecule has 0 unspecified atom stereocenters. The molecule has 0 spiro atoms. The fourth-order valence-corrected chi connectivity index (χ4v) is 5.17. The molecule has 0 radical (unpaired) electrons. The van der Waals surface area contributed by atoms with Crippen LogP contribution in [0.15, 0.2) is 48.5 Å². The summed E-state index contributed by atoms with van der Waals surface area (Å²) >= 11 is 0. The molecular formula is C27H34F2N6O5S. The molecule has 0 bridgehead atoms. The quantitative estimate of drug-likeness (QED) is 0.276. The summed E-state index contributed by atoms with van der Waals surface area (Å²) in [6.45, 7) is 3.92.